The third-order valence-corrected chi connectivity index (χ3v) is 5.31. The van der Waals surface area contributed by atoms with Gasteiger partial charge in [0, 0.05) is 40.4 Å². The van der Waals surface area contributed by atoms with E-state index in [4.69, 9.17) is 23.7 Å². The maximum Gasteiger partial charge on any atom is 0.303 e. The number of rotatable bonds is 16. The van der Waals surface area contributed by atoms with Crippen molar-refractivity contribution in [2.24, 2.45) is 0 Å². The summed E-state index contributed by atoms with van der Waals surface area (Å²) in [6, 6.07) is 0. The van der Waals surface area contributed by atoms with E-state index in [1.54, 1.807) is 0 Å². The van der Waals surface area contributed by atoms with E-state index in [1.165, 1.54) is 18.7 Å². The van der Waals surface area contributed by atoms with Crippen LogP contribution in [0.4, 0.5) is 0 Å². The zero-order chi connectivity index (χ0) is 25.4. The number of ether oxygens (including phenoxy) is 5. The van der Waals surface area contributed by atoms with Crippen molar-refractivity contribution in [3.05, 3.63) is 0 Å². The molecule has 0 amide bonds. The van der Waals surface area contributed by atoms with Crippen molar-refractivity contribution in [3.63, 3.8) is 0 Å². The van der Waals surface area contributed by atoms with Crippen molar-refractivity contribution in [2.75, 3.05) is 18.1 Å². The van der Waals surface area contributed by atoms with E-state index in [2.05, 4.69) is 6.92 Å². The monoisotopic (exact) mass is 492 g/mol. The van der Waals surface area contributed by atoms with E-state index in [9.17, 15) is 24.0 Å². The van der Waals surface area contributed by atoms with E-state index in [1.807, 2.05) is 0 Å². The molecule has 0 aliphatic heterocycles. The molecule has 0 saturated carbocycles. The summed E-state index contributed by atoms with van der Waals surface area (Å²) in [5, 5.41) is 0. The number of hydrogen-bond acceptors (Lipinski definition) is 11. The summed E-state index contributed by atoms with van der Waals surface area (Å²) in [5.74, 6) is -2.49. The Morgan fingerprint density at radius 3 is 1.58 bits per heavy atom. The van der Waals surface area contributed by atoms with Crippen molar-refractivity contribution in [1.82, 2.24) is 0 Å². The predicted octanol–water partition coefficient (Wildman–Crippen LogP) is 2.59. The lowest BCUT2D eigenvalue weighted by Crippen LogP contribution is -2.53. The van der Waals surface area contributed by atoms with E-state index < -0.39 is 60.9 Å². The van der Waals surface area contributed by atoms with Gasteiger partial charge in [0.2, 0.25) is 0 Å². The van der Waals surface area contributed by atoms with Crippen molar-refractivity contribution < 1.29 is 47.7 Å². The highest BCUT2D eigenvalue weighted by Gasteiger charge is 2.43. The average molecular weight is 493 g/mol. The Bertz CT molecular complexity index is 651. The molecule has 0 spiro atoms. The molecule has 190 valence electrons. The lowest BCUT2D eigenvalue weighted by atomic mass is 10.0. The highest BCUT2D eigenvalue weighted by Crippen LogP contribution is 2.23. The van der Waals surface area contributed by atoms with Crippen LogP contribution >= 0.6 is 11.8 Å². The Hall–Kier alpha value is -2.30. The van der Waals surface area contributed by atoms with Crippen LogP contribution in [0.25, 0.3) is 0 Å². The fourth-order valence-electron chi connectivity index (χ4n) is 2.94. The minimum atomic E-state index is -1.39. The van der Waals surface area contributed by atoms with Crippen molar-refractivity contribution >= 4 is 41.6 Å². The molecule has 0 heterocycles. The molecule has 0 saturated heterocycles. The van der Waals surface area contributed by atoms with E-state index in [0.29, 0.717) is 0 Å². The Morgan fingerprint density at radius 2 is 1.12 bits per heavy atom. The second-order valence-electron chi connectivity index (χ2n) is 7.38. The van der Waals surface area contributed by atoms with Gasteiger partial charge in [-0.15, -0.1) is 0 Å². The van der Waals surface area contributed by atoms with Gasteiger partial charge in [-0.25, -0.2) is 0 Å². The molecule has 0 aliphatic carbocycles. The fourth-order valence-corrected chi connectivity index (χ4v) is 4.01. The molecule has 4 unspecified atom stereocenters. The molecule has 0 aromatic rings. The zero-order valence-electron chi connectivity index (χ0n) is 20.2. The summed E-state index contributed by atoms with van der Waals surface area (Å²) in [4.78, 5) is 58.5. The third-order valence-electron chi connectivity index (χ3n) is 4.17. The SMILES string of the molecule is CCCCCCSCC(OC(C)=O)C(OC(C)=O)C(OC(C)=O)C(COC(C)=O)OC(C)=O. The highest BCUT2D eigenvalue weighted by molar-refractivity contribution is 7.99. The van der Waals surface area contributed by atoms with Crippen LogP contribution in [0.15, 0.2) is 0 Å². The molecule has 0 aromatic heterocycles. The maximum absolute atomic E-state index is 11.9. The molecular weight excluding hydrogens is 456 g/mol. The minimum Gasteiger partial charge on any atom is -0.462 e. The van der Waals surface area contributed by atoms with Gasteiger partial charge in [0.25, 0.3) is 0 Å². The summed E-state index contributed by atoms with van der Waals surface area (Å²) in [6.07, 6.45) is -0.785. The first-order valence-corrected chi connectivity index (χ1v) is 12.0. The number of esters is 5. The Kier molecular flexibility index (Phi) is 16.0. The first-order chi connectivity index (χ1) is 15.5. The lowest BCUT2D eigenvalue weighted by Gasteiger charge is -2.35. The normalized spacial score (nSPS) is 14.2. The molecule has 11 heteroatoms. The van der Waals surface area contributed by atoms with Crippen LogP contribution in [0.5, 0.6) is 0 Å². The van der Waals surface area contributed by atoms with Crippen molar-refractivity contribution in [2.45, 2.75) is 91.6 Å². The summed E-state index contributed by atoms with van der Waals surface area (Å²) in [5.41, 5.74) is 0. The fraction of sp³-hybridized carbons (Fsp3) is 0.773. The smallest absolute Gasteiger partial charge is 0.303 e. The Morgan fingerprint density at radius 1 is 0.636 bits per heavy atom. The molecule has 10 nitrogen and oxygen atoms in total. The molecular formula is C22H36O10S. The van der Waals surface area contributed by atoms with Gasteiger partial charge >= 0.3 is 29.8 Å². The van der Waals surface area contributed by atoms with Gasteiger partial charge in [0.15, 0.2) is 24.4 Å². The number of unbranched alkanes of at least 4 members (excludes halogenated alkanes) is 3. The van der Waals surface area contributed by atoms with Crippen LogP contribution < -0.4 is 0 Å². The van der Waals surface area contributed by atoms with Crippen molar-refractivity contribution in [1.29, 1.82) is 0 Å². The number of hydrogen-bond donors (Lipinski definition) is 0. The topological polar surface area (TPSA) is 132 Å². The summed E-state index contributed by atoms with van der Waals surface area (Å²) < 4.78 is 26.3. The van der Waals surface area contributed by atoms with Crippen LogP contribution in [-0.4, -0.2) is 72.4 Å². The summed E-state index contributed by atoms with van der Waals surface area (Å²) in [6.45, 7) is 7.41. The standard InChI is InChI=1S/C22H36O10S/c1-7-8-9-10-11-33-13-20(30-16(4)25)22(32-18(6)27)21(31-17(5)26)19(29-15(3)24)12-28-14(2)23/h19-22H,7-13H2,1-6H3. The van der Waals surface area contributed by atoms with Crippen LogP contribution in [-0.2, 0) is 47.7 Å². The van der Waals surface area contributed by atoms with Gasteiger partial charge in [-0.2, -0.15) is 11.8 Å². The molecule has 4 atom stereocenters. The van der Waals surface area contributed by atoms with Gasteiger partial charge in [0.1, 0.15) is 6.61 Å². The number of thioether (sulfide) groups is 1. The van der Waals surface area contributed by atoms with Gasteiger partial charge in [-0.1, -0.05) is 26.2 Å². The molecule has 33 heavy (non-hydrogen) atoms. The second-order valence-corrected chi connectivity index (χ2v) is 8.53. The average Bonchev–Trinajstić information content (AvgIpc) is 2.68. The molecule has 0 fully saturated rings. The Balaban J connectivity index is 5.92. The minimum absolute atomic E-state index is 0.238. The van der Waals surface area contributed by atoms with Gasteiger partial charge in [-0.3, -0.25) is 24.0 Å². The van der Waals surface area contributed by atoms with E-state index >= 15 is 0 Å². The quantitative estimate of drug-likeness (QED) is 0.179. The lowest BCUT2D eigenvalue weighted by molar-refractivity contribution is -0.200. The van der Waals surface area contributed by atoms with E-state index in [-0.39, 0.29) is 5.75 Å². The summed E-state index contributed by atoms with van der Waals surface area (Å²) >= 11 is 1.49. The summed E-state index contributed by atoms with van der Waals surface area (Å²) in [7, 11) is 0. The molecule has 0 bridgehead atoms. The van der Waals surface area contributed by atoms with Crippen LogP contribution in [0.1, 0.15) is 67.2 Å². The molecule has 0 aromatic carbocycles. The number of carbonyl (C=O) groups excluding carboxylic acids is 5. The van der Waals surface area contributed by atoms with Gasteiger partial charge in [0.05, 0.1) is 0 Å². The first-order valence-electron chi connectivity index (χ1n) is 10.9. The molecule has 0 rings (SSSR count). The van der Waals surface area contributed by atoms with Gasteiger partial charge in [-0.05, 0) is 12.2 Å². The van der Waals surface area contributed by atoms with Crippen LogP contribution in [0.3, 0.4) is 0 Å². The highest BCUT2D eigenvalue weighted by atomic mass is 32.2. The van der Waals surface area contributed by atoms with Crippen LogP contribution in [0, 0.1) is 0 Å². The maximum atomic E-state index is 11.9. The predicted molar refractivity (Wildman–Crippen MR) is 120 cm³/mol. The zero-order valence-corrected chi connectivity index (χ0v) is 21.1. The van der Waals surface area contributed by atoms with Gasteiger partial charge < -0.3 is 23.7 Å². The molecule has 0 radical (unpaired) electrons. The Labute approximate surface area is 199 Å². The van der Waals surface area contributed by atoms with E-state index in [0.717, 1.165) is 59.1 Å². The number of carbonyl (C=O) groups is 5. The second kappa shape index (κ2) is 17.2. The molecule has 0 aliphatic rings. The molecule has 0 N–H and O–H groups in total. The largest absolute Gasteiger partial charge is 0.462 e. The first kappa shape index (κ1) is 30.7. The third kappa shape index (κ3) is 15.2. The van der Waals surface area contributed by atoms with Crippen molar-refractivity contribution in [3.8, 4) is 0 Å². The van der Waals surface area contributed by atoms with Crippen LogP contribution in [0.2, 0.25) is 0 Å².